The van der Waals surface area contributed by atoms with Gasteiger partial charge in [0.25, 0.3) is 5.91 Å². The van der Waals surface area contributed by atoms with Crippen molar-refractivity contribution in [3.05, 3.63) is 84.2 Å². The van der Waals surface area contributed by atoms with Crippen molar-refractivity contribution in [1.29, 1.82) is 0 Å². The fourth-order valence-corrected chi connectivity index (χ4v) is 2.80. The summed E-state index contributed by atoms with van der Waals surface area (Å²) >= 11 is 0. The number of aromatic nitrogens is 1. The first kappa shape index (κ1) is 17.7. The van der Waals surface area contributed by atoms with Crippen molar-refractivity contribution in [2.45, 2.75) is 19.3 Å². The molecule has 2 aromatic carbocycles. The molecule has 0 saturated carbocycles. The maximum absolute atomic E-state index is 12.2. The van der Waals surface area contributed by atoms with Gasteiger partial charge in [0.15, 0.2) is 0 Å². The molecule has 0 fully saturated rings. The second kappa shape index (κ2) is 8.81. The highest BCUT2D eigenvalue weighted by molar-refractivity contribution is 5.94. The Morgan fingerprint density at radius 3 is 2.54 bits per heavy atom. The Kier molecular flexibility index (Phi) is 5.99. The average Bonchev–Trinajstić information content (AvgIpc) is 2.68. The van der Waals surface area contributed by atoms with E-state index in [0.717, 1.165) is 30.4 Å². The lowest BCUT2D eigenvalue weighted by Gasteiger charge is -2.07. The summed E-state index contributed by atoms with van der Waals surface area (Å²) in [6, 6.07) is 18.5. The van der Waals surface area contributed by atoms with Crippen LogP contribution in [0.1, 0.15) is 28.8 Å². The van der Waals surface area contributed by atoms with Gasteiger partial charge in [0.2, 0.25) is 0 Å². The minimum atomic E-state index is -0.0613. The number of unbranched alkanes of at least 4 members (excludes halogenated alkanes) is 1. The number of rotatable bonds is 7. The van der Waals surface area contributed by atoms with Gasteiger partial charge in [-0.2, -0.15) is 0 Å². The number of pyridine rings is 1. The molecule has 3 aromatic rings. The predicted molar refractivity (Wildman–Crippen MR) is 103 cm³/mol. The van der Waals surface area contributed by atoms with Crippen molar-refractivity contribution in [3.8, 4) is 16.9 Å². The van der Waals surface area contributed by atoms with E-state index in [1.54, 1.807) is 24.4 Å². The second-order valence-corrected chi connectivity index (χ2v) is 6.20. The van der Waals surface area contributed by atoms with E-state index in [1.807, 2.05) is 42.6 Å². The minimum Gasteiger partial charge on any atom is -0.508 e. The van der Waals surface area contributed by atoms with Crippen LogP contribution >= 0.6 is 0 Å². The summed E-state index contributed by atoms with van der Waals surface area (Å²) < 4.78 is 0. The normalized spacial score (nSPS) is 10.5. The molecule has 26 heavy (non-hydrogen) atoms. The number of nitrogens with one attached hydrogen (secondary N) is 1. The summed E-state index contributed by atoms with van der Waals surface area (Å²) in [6.45, 7) is 0.660. The highest BCUT2D eigenvalue weighted by atomic mass is 16.3. The monoisotopic (exact) mass is 346 g/mol. The summed E-state index contributed by atoms with van der Waals surface area (Å²) in [7, 11) is 0. The summed E-state index contributed by atoms with van der Waals surface area (Å²) in [5, 5.41) is 12.5. The molecule has 1 amide bonds. The molecule has 132 valence electrons. The van der Waals surface area contributed by atoms with Gasteiger partial charge in [-0.05, 0) is 66.3 Å². The summed E-state index contributed by atoms with van der Waals surface area (Å²) in [4.78, 5) is 16.3. The van der Waals surface area contributed by atoms with Crippen LogP contribution in [0.4, 0.5) is 0 Å². The zero-order valence-corrected chi connectivity index (χ0v) is 14.6. The third-order valence-electron chi connectivity index (χ3n) is 4.23. The van der Waals surface area contributed by atoms with E-state index in [0.29, 0.717) is 12.1 Å². The van der Waals surface area contributed by atoms with Crippen LogP contribution < -0.4 is 5.32 Å². The maximum atomic E-state index is 12.2. The number of phenols is 1. The molecule has 0 aliphatic heterocycles. The lowest BCUT2D eigenvalue weighted by atomic mass is 10.0. The van der Waals surface area contributed by atoms with Crippen molar-refractivity contribution in [3.63, 3.8) is 0 Å². The first-order valence-corrected chi connectivity index (χ1v) is 8.79. The topological polar surface area (TPSA) is 62.2 Å². The van der Waals surface area contributed by atoms with Crippen LogP contribution in [0.25, 0.3) is 11.1 Å². The van der Waals surface area contributed by atoms with Gasteiger partial charge in [0, 0.05) is 24.5 Å². The smallest absolute Gasteiger partial charge is 0.251 e. The number of phenolic OH excluding ortho intramolecular Hbond substituents is 1. The van der Waals surface area contributed by atoms with E-state index in [1.165, 1.54) is 5.56 Å². The Bertz CT molecular complexity index is 846. The molecule has 1 aromatic heterocycles. The SMILES string of the molecule is O=C(NCCCCc1cccnc1)c1ccc(-c2cccc(O)c2)cc1. The van der Waals surface area contributed by atoms with Crippen molar-refractivity contribution in [2.24, 2.45) is 0 Å². The number of hydrogen-bond donors (Lipinski definition) is 2. The molecular formula is C22H22N2O2. The Morgan fingerprint density at radius 2 is 1.81 bits per heavy atom. The second-order valence-electron chi connectivity index (χ2n) is 6.20. The molecule has 4 heteroatoms. The number of aromatic hydroxyl groups is 1. The van der Waals surface area contributed by atoms with Crippen LogP contribution in [0.5, 0.6) is 5.75 Å². The van der Waals surface area contributed by atoms with E-state index in [9.17, 15) is 9.90 Å². The molecule has 0 spiro atoms. The van der Waals surface area contributed by atoms with Gasteiger partial charge in [-0.1, -0.05) is 30.3 Å². The van der Waals surface area contributed by atoms with E-state index in [4.69, 9.17) is 0 Å². The van der Waals surface area contributed by atoms with Gasteiger partial charge < -0.3 is 10.4 Å². The molecule has 2 N–H and O–H groups in total. The number of aryl methyl sites for hydroxylation is 1. The highest BCUT2D eigenvalue weighted by Gasteiger charge is 2.06. The molecule has 4 nitrogen and oxygen atoms in total. The molecule has 0 aliphatic rings. The Balaban J connectivity index is 1.46. The van der Waals surface area contributed by atoms with E-state index in [-0.39, 0.29) is 11.7 Å². The van der Waals surface area contributed by atoms with Crippen LogP contribution in [0.3, 0.4) is 0 Å². The molecule has 0 atom stereocenters. The van der Waals surface area contributed by atoms with Gasteiger partial charge in [0.1, 0.15) is 5.75 Å². The van der Waals surface area contributed by atoms with Crippen molar-refractivity contribution in [1.82, 2.24) is 10.3 Å². The number of carbonyl (C=O) groups is 1. The van der Waals surface area contributed by atoms with Gasteiger partial charge in [-0.15, -0.1) is 0 Å². The third-order valence-corrected chi connectivity index (χ3v) is 4.23. The van der Waals surface area contributed by atoms with Crippen LogP contribution in [-0.2, 0) is 6.42 Å². The molecule has 3 rings (SSSR count). The molecular weight excluding hydrogens is 324 g/mol. The first-order chi connectivity index (χ1) is 12.7. The quantitative estimate of drug-likeness (QED) is 0.630. The Morgan fingerprint density at radius 1 is 0.962 bits per heavy atom. The molecule has 1 heterocycles. The molecule has 0 saturated heterocycles. The minimum absolute atomic E-state index is 0.0613. The van der Waals surface area contributed by atoms with Crippen LogP contribution in [0.15, 0.2) is 73.1 Å². The zero-order chi connectivity index (χ0) is 18.2. The van der Waals surface area contributed by atoms with Crippen LogP contribution in [0, 0.1) is 0 Å². The molecule has 0 bridgehead atoms. The lowest BCUT2D eigenvalue weighted by Crippen LogP contribution is -2.24. The fourth-order valence-electron chi connectivity index (χ4n) is 2.80. The standard InChI is InChI=1S/C22H22N2O2/c25-21-8-3-7-20(15-21)18-9-11-19(12-10-18)22(26)24-14-2-1-5-17-6-4-13-23-16-17/h3-4,6-13,15-16,25H,1-2,5,14H2,(H,24,26). The number of carbonyl (C=O) groups excluding carboxylic acids is 1. The van der Waals surface area contributed by atoms with Crippen molar-refractivity contribution in [2.75, 3.05) is 6.54 Å². The van der Waals surface area contributed by atoms with Gasteiger partial charge >= 0.3 is 0 Å². The highest BCUT2D eigenvalue weighted by Crippen LogP contribution is 2.23. The summed E-state index contributed by atoms with van der Waals surface area (Å²) in [5.41, 5.74) is 3.75. The van der Waals surface area contributed by atoms with Gasteiger partial charge in [-0.25, -0.2) is 0 Å². The lowest BCUT2D eigenvalue weighted by molar-refractivity contribution is 0.0953. The number of amides is 1. The van der Waals surface area contributed by atoms with Gasteiger partial charge in [-0.3, -0.25) is 9.78 Å². The first-order valence-electron chi connectivity index (χ1n) is 8.79. The van der Waals surface area contributed by atoms with Crippen molar-refractivity contribution >= 4 is 5.91 Å². The largest absolute Gasteiger partial charge is 0.508 e. The number of hydrogen-bond acceptors (Lipinski definition) is 3. The summed E-state index contributed by atoms with van der Waals surface area (Å²) in [6.07, 6.45) is 6.58. The van der Waals surface area contributed by atoms with Crippen LogP contribution in [-0.4, -0.2) is 22.5 Å². The van der Waals surface area contributed by atoms with Gasteiger partial charge in [0.05, 0.1) is 0 Å². The number of nitrogens with zero attached hydrogens (tertiary/aromatic N) is 1. The summed E-state index contributed by atoms with van der Waals surface area (Å²) in [5.74, 6) is 0.171. The maximum Gasteiger partial charge on any atom is 0.251 e. The molecule has 0 unspecified atom stereocenters. The fraction of sp³-hybridized carbons (Fsp3) is 0.182. The molecule has 0 radical (unpaired) electrons. The van der Waals surface area contributed by atoms with E-state index in [2.05, 4.69) is 16.4 Å². The van der Waals surface area contributed by atoms with E-state index < -0.39 is 0 Å². The third kappa shape index (κ3) is 4.93. The zero-order valence-electron chi connectivity index (χ0n) is 14.6. The van der Waals surface area contributed by atoms with Crippen LogP contribution in [0.2, 0.25) is 0 Å². The molecule has 0 aliphatic carbocycles. The number of benzene rings is 2. The Hall–Kier alpha value is -3.14. The van der Waals surface area contributed by atoms with E-state index >= 15 is 0 Å². The van der Waals surface area contributed by atoms with Crippen molar-refractivity contribution < 1.29 is 9.90 Å². The average molecular weight is 346 g/mol. The Labute approximate surface area is 153 Å². The predicted octanol–water partition coefficient (Wildman–Crippen LogP) is 4.21.